The van der Waals surface area contributed by atoms with Gasteiger partial charge in [-0.25, -0.2) is 15.0 Å². The van der Waals surface area contributed by atoms with Gasteiger partial charge in [0.2, 0.25) is 0 Å². The fourth-order valence-corrected chi connectivity index (χ4v) is 7.69. The summed E-state index contributed by atoms with van der Waals surface area (Å²) in [4.78, 5) is 14.5. The number of benzene rings is 6. The molecule has 0 aliphatic heterocycles. The summed E-state index contributed by atoms with van der Waals surface area (Å²) in [5, 5.41) is 26.0. The van der Waals surface area contributed by atoms with Crippen molar-refractivity contribution >= 4 is 53.3 Å². The zero-order valence-electron chi connectivity index (χ0n) is 25.3. The van der Waals surface area contributed by atoms with Crippen LogP contribution in [0.4, 0.5) is 0 Å². The van der Waals surface area contributed by atoms with Gasteiger partial charge in [0.1, 0.15) is 12.1 Å². The number of rotatable bonds is 4. The molecule has 0 fully saturated rings. The van der Waals surface area contributed by atoms with Gasteiger partial charge < -0.3 is 4.57 Å². The van der Waals surface area contributed by atoms with E-state index in [9.17, 15) is 10.5 Å². The maximum Gasteiger partial charge on any atom is 0.165 e. The highest BCUT2D eigenvalue weighted by molar-refractivity contribution is 7.25. The summed E-state index contributed by atoms with van der Waals surface area (Å²) in [5.41, 5.74) is 5.16. The Labute approximate surface area is 279 Å². The molecule has 7 heteroatoms. The minimum Gasteiger partial charge on any atom is -0.308 e. The second kappa shape index (κ2) is 11.0. The summed E-state index contributed by atoms with van der Waals surface area (Å²) in [7, 11) is 0. The molecule has 0 saturated carbocycles. The van der Waals surface area contributed by atoms with Crippen LogP contribution in [-0.2, 0) is 0 Å². The molecule has 0 aliphatic carbocycles. The van der Waals surface area contributed by atoms with E-state index in [2.05, 4.69) is 65.2 Å². The Morgan fingerprint density at radius 1 is 0.479 bits per heavy atom. The van der Waals surface area contributed by atoms with Crippen LogP contribution >= 0.6 is 11.3 Å². The van der Waals surface area contributed by atoms with E-state index in [-0.39, 0.29) is 11.1 Å². The second-order valence-electron chi connectivity index (χ2n) is 11.5. The third-order valence-electron chi connectivity index (χ3n) is 8.76. The van der Waals surface area contributed by atoms with E-state index in [4.69, 9.17) is 15.0 Å². The third-order valence-corrected chi connectivity index (χ3v) is 9.89. The van der Waals surface area contributed by atoms with Crippen LogP contribution in [-0.4, -0.2) is 19.5 Å². The van der Waals surface area contributed by atoms with Gasteiger partial charge >= 0.3 is 0 Å². The van der Waals surface area contributed by atoms with Gasteiger partial charge in [-0.2, -0.15) is 10.5 Å². The van der Waals surface area contributed by atoms with E-state index in [1.807, 2.05) is 84.9 Å². The molecule has 6 nitrogen and oxygen atoms in total. The molecule has 6 aromatic carbocycles. The number of aromatic nitrogens is 4. The second-order valence-corrected chi connectivity index (χ2v) is 12.5. The van der Waals surface area contributed by atoms with Crippen LogP contribution in [0.15, 0.2) is 133 Å². The first-order valence-electron chi connectivity index (χ1n) is 15.4. The van der Waals surface area contributed by atoms with Gasteiger partial charge in [0.15, 0.2) is 17.5 Å². The smallest absolute Gasteiger partial charge is 0.165 e. The quantitative estimate of drug-likeness (QED) is 0.193. The van der Waals surface area contributed by atoms with E-state index in [0.717, 1.165) is 37.6 Å². The molecule has 9 aromatic rings. The maximum absolute atomic E-state index is 10.7. The van der Waals surface area contributed by atoms with Crippen LogP contribution in [0.25, 0.3) is 81.8 Å². The van der Waals surface area contributed by atoms with E-state index >= 15 is 0 Å². The van der Waals surface area contributed by atoms with Crippen molar-refractivity contribution in [3.63, 3.8) is 0 Å². The predicted molar refractivity (Wildman–Crippen MR) is 193 cm³/mol. The van der Waals surface area contributed by atoms with Crippen molar-refractivity contribution in [2.45, 2.75) is 0 Å². The lowest BCUT2D eigenvalue weighted by atomic mass is 9.99. The SMILES string of the molecule is N#Cc1c(-c2nc(-c3ccccc3)nc(-c3ccccc3)n2)ccc(-n2c3ccccc3c3cc4c(cc32)sc2ccccc24)c1C#N. The van der Waals surface area contributed by atoms with E-state index in [1.165, 1.54) is 15.5 Å². The van der Waals surface area contributed by atoms with Gasteiger partial charge in [0, 0.05) is 47.6 Å². The molecule has 0 spiro atoms. The fraction of sp³-hybridized carbons (Fsp3) is 0. The molecule has 3 heterocycles. The van der Waals surface area contributed by atoms with Crippen molar-refractivity contribution in [2.75, 3.05) is 0 Å². The average molecular weight is 631 g/mol. The van der Waals surface area contributed by atoms with Crippen LogP contribution in [0, 0.1) is 22.7 Å². The molecule has 0 saturated heterocycles. The molecule has 0 aliphatic rings. The number of nitriles is 2. The lowest BCUT2D eigenvalue weighted by Gasteiger charge is -2.14. The summed E-state index contributed by atoms with van der Waals surface area (Å²) in [6, 6.07) is 49.0. The Morgan fingerprint density at radius 2 is 1.08 bits per heavy atom. The molecule has 0 bridgehead atoms. The zero-order chi connectivity index (χ0) is 32.2. The maximum atomic E-state index is 10.7. The number of fused-ring (bicyclic) bond motifs is 6. The van der Waals surface area contributed by atoms with E-state index in [1.54, 1.807) is 11.3 Å². The Kier molecular flexibility index (Phi) is 6.33. The van der Waals surface area contributed by atoms with Gasteiger partial charge in [0.25, 0.3) is 0 Å². The van der Waals surface area contributed by atoms with E-state index < -0.39 is 0 Å². The van der Waals surface area contributed by atoms with Crippen LogP contribution in [0.2, 0.25) is 0 Å². The molecular formula is C41H22N6S. The van der Waals surface area contributed by atoms with Crippen LogP contribution in [0.1, 0.15) is 11.1 Å². The van der Waals surface area contributed by atoms with Gasteiger partial charge in [-0.1, -0.05) is 97.1 Å². The van der Waals surface area contributed by atoms with Crippen molar-refractivity contribution in [2.24, 2.45) is 0 Å². The number of hydrogen-bond donors (Lipinski definition) is 0. The van der Waals surface area contributed by atoms with Crippen LogP contribution in [0.3, 0.4) is 0 Å². The standard InChI is InChI=1S/C41H22N6S/c42-23-32-29(41-45-39(25-11-3-1-4-12-25)44-40(46-41)26-13-5-2-6-14-26)19-20-35(33(32)24-43)47-34-17-9-7-15-27(34)30-21-31-28-16-8-10-18-37(28)48-38(31)22-36(30)47/h1-22H. The lowest BCUT2D eigenvalue weighted by Crippen LogP contribution is -2.05. The molecule has 48 heavy (non-hydrogen) atoms. The first-order chi connectivity index (χ1) is 23.7. The van der Waals surface area contributed by atoms with Crippen molar-refractivity contribution in [3.05, 3.63) is 145 Å². The molecular weight excluding hydrogens is 609 g/mol. The molecule has 0 unspecified atom stereocenters. The summed E-state index contributed by atoms with van der Waals surface area (Å²) in [5.74, 6) is 1.30. The first-order valence-corrected chi connectivity index (χ1v) is 16.2. The lowest BCUT2D eigenvalue weighted by molar-refractivity contribution is 1.07. The Balaban J connectivity index is 1.30. The highest BCUT2D eigenvalue weighted by Crippen LogP contribution is 2.41. The summed E-state index contributed by atoms with van der Waals surface area (Å²) in [6.45, 7) is 0. The topological polar surface area (TPSA) is 91.2 Å². The number of para-hydroxylation sites is 1. The van der Waals surface area contributed by atoms with Crippen LogP contribution in [0.5, 0.6) is 0 Å². The van der Waals surface area contributed by atoms with Gasteiger partial charge in [-0.15, -0.1) is 11.3 Å². The number of thiophene rings is 1. The normalized spacial score (nSPS) is 11.3. The predicted octanol–water partition coefficient (Wildman–Crippen LogP) is 10.1. The van der Waals surface area contributed by atoms with Gasteiger partial charge in [0.05, 0.1) is 27.8 Å². The summed E-state index contributed by atoms with van der Waals surface area (Å²) < 4.78 is 4.50. The highest BCUT2D eigenvalue weighted by atomic mass is 32.1. The van der Waals surface area contributed by atoms with E-state index in [0.29, 0.717) is 28.7 Å². The largest absolute Gasteiger partial charge is 0.308 e. The minimum absolute atomic E-state index is 0.216. The first kappa shape index (κ1) is 27.6. The average Bonchev–Trinajstić information content (AvgIpc) is 3.68. The Morgan fingerprint density at radius 3 is 1.77 bits per heavy atom. The van der Waals surface area contributed by atoms with Crippen molar-refractivity contribution in [3.8, 4) is 52.0 Å². The molecule has 222 valence electrons. The minimum atomic E-state index is 0.216. The summed E-state index contributed by atoms with van der Waals surface area (Å²) in [6.07, 6.45) is 0. The molecule has 3 aromatic heterocycles. The molecule has 0 radical (unpaired) electrons. The summed E-state index contributed by atoms with van der Waals surface area (Å²) >= 11 is 1.75. The Bertz CT molecular complexity index is 2740. The number of hydrogen-bond acceptors (Lipinski definition) is 6. The third kappa shape index (κ3) is 4.27. The molecule has 0 atom stereocenters. The fourth-order valence-electron chi connectivity index (χ4n) is 6.57. The highest BCUT2D eigenvalue weighted by Gasteiger charge is 2.23. The monoisotopic (exact) mass is 630 g/mol. The van der Waals surface area contributed by atoms with Gasteiger partial charge in [-0.05, 0) is 36.4 Å². The number of nitrogens with zero attached hydrogens (tertiary/aromatic N) is 6. The zero-order valence-corrected chi connectivity index (χ0v) is 26.1. The van der Waals surface area contributed by atoms with Crippen molar-refractivity contribution < 1.29 is 0 Å². The molecule has 0 amide bonds. The molecule has 0 N–H and O–H groups in total. The Hall–Kier alpha value is -6.67. The van der Waals surface area contributed by atoms with Crippen molar-refractivity contribution in [1.29, 1.82) is 10.5 Å². The van der Waals surface area contributed by atoms with Crippen LogP contribution < -0.4 is 0 Å². The molecule has 9 rings (SSSR count). The van der Waals surface area contributed by atoms with Crippen molar-refractivity contribution in [1.82, 2.24) is 19.5 Å². The van der Waals surface area contributed by atoms with Gasteiger partial charge in [-0.3, -0.25) is 0 Å².